The lowest BCUT2D eigenvalue weighted by Gasteiger charge is -2.21. The smallest absolute Gasteiger partial charge is 0.169 e. The Morgan fingerprint density at radius 3 is 2.76 bits per heavy atom. The minimum atomic E-state index is -0.174. The molecule has 4 heteroatoms. The van der Waals surface area contributed by atoms with Crippen molar-refractivity contribution in [2.75, 3.05) is 40.3 Å². The molecular formula is C13H28N2O2+2. The van der Waals surface area contributed by atoms with Crippen LogP contribution in [0.5, 0.6) is 0 Å². The van der Waals surface area contributed by atoms with Crippen LogP contribution in [0, 0.1) is 0 Å². The minimum absolute atomic E-state index is 0.174. The average Bonchev–Trinajstić information content (AvgIpc) is 2.89. The van der Waals surface area contributed by atoms with Crippen molar-refractivity contribution in [2.45, 2.75) is 44.0 Å². The highest BCUT2D eigenvalue weighted by atomic mass is 16.7. The predicted octanol–water partition coefficient (Wildman–Crippen LogP) is -1.23. The predicted molar refractivity (Wildman–Crippen MR) is 66.0 cm³/mol. The van der Waals surface area contributed by atoms with Crippen molar-refractivity contribution in [1.82, 2.24) is 0 Å². The van der Waals surface area contributed by atoms with Crippen molar-refractivity contribution in [3.63, 3.8) is 0 Å². The van der Waals surface area contributed by atoms with E-state index in [1.807, 2.05) is 0 Å². The molecule has 1 aliphatic heterocycles. The van der Waals surface area contributed by atoms with Gasteiger partial charge in [-0.2, -0.15) is 0 Å². The van der Waals surface area contributed by atoms with Crippen LogP contribution in [0.1, 0.15) is 32.1 Å². The third kappa shape index (κ3) is 3.91. The summed E-state index contributed by atoms with van der Waals surface area (Å²) in [5.74, 6) is -0.174. The van der Waals surface area contributed by atoms with Gasteiger partial charge in [0.2, 0.25) is 0 Å². The first-order valence-electron chi connectivity index (χ1n) is 7.13. The Hall–Kier alpha value is -0.160. The van der Waals surface area contributed by atoms with Crippen LogP contribution >= 0.6 is 0 Å². The van der Waals surface area contributed by atoms with Gasteiger partial charge in [0.05, 0.1) is 33.8 Å². The average molecular weight is 244 g/mol. The van der Waals surface area contributed by atoms with Gasteiger partial charge in [0, 0.05) is 19.3 Å². The summed E-state index contributed by atoms with van der Waals surface area (Å²) in [6, 6.07) is 0. The summed E-state index contributed by atoms with van der Waals surface area (Å²) in [5.41, 5.74) is 0. The molecule has 0 aromatic carbocycles. The molecular weight excluding hydrogens is 216 g/mol. The van der Waals surface area contributed by atoms with Crippen LogP contribution in [-0.2, 0) is 9.47 Å². The lowest BCUT2D eigenvalue weighted by atomic mass is 10.2. The molecule has 1 aliphatic carbocycles. The molecule has 1 heterocycles. The molecule has 1 saturated heterocycles. The van der Waals surface area contributed by atoms with Crippen molar-refractivity contribution in [3.05, 3.63) is 0 Å². The molecule has 0 unspecified atom stereocenters. The van der Waals surface area contributed by atoms with Crippen LogP contribution in [0.15, 0.2) is 0 Å². The van der Waals surface area contributed by atoms with E-state index in [1.165, 1.54) is 37.3 Å². The molecule has 4 nitrogen and oxygen atoms in total. The van der Waals surface area contributed by atoms with Gasteiger partial charge in [-0.3, -0.25) is 0 Å². The van der Waals surface area contributed by atoms with Gasteiger partial charge in [0.25, 0.3) is 0 Å². The topological polar surface area (TPSA) is 39.5 Å². The van der Waals surface area contributed by atoms with Crippen LogP contribution in [0.2, 0.25) is 0 Å². The minimum Gasteiger partial charge on any atom is -0.347 e. The van der Waals surface area contributed by atoms with Gasteiger partial charge in [0.1, 0.15) is 12.6 Å². The molecule has 0 amide bonds. The fourth-order valence-electron chi connectivity index (χ4n) is 2.81. The number of rotatable bonds is 6. The van der Waals surface area contributed by atoms with Crippen molar-refractivity contribution in [1.29, 1.82) is 0 Å². The van der Waals surface area contributed by atoms with E-state index in [2.05, 4.69) is 19.4 Å². The maximum absolute atomic E-state index is 6.08. The fourth-order valence-corrected chi connectivity index (χ4v) is 2.81. The molecule has 0 bridgehead atoms. The SMILES string of the molecule is C[NH+](C)CCC[NH2+]C[C@H]1COC2(CCCC2)O1. The molecule has 100 valence electrons. The quantitative estimate of drug-likeness (QED) is 0.574. The van der Waals surface area contributed by atoms with Crippen molar-refractivity contribution >= 4 is 0 Å². The number of nitrogens with two attached hydrogens (primary N) is 1. The molecule has 2 fully saturated rings. The van der Waals surface area contributed by atoms with E-state index in [4.69, 9.17) is 9.47 Å². The lowest BCUT2D eigenvalue weighted by Crippen LogP contribution is -3.06. The molecule has 1 atom stereocenters. The number of nitrogens with one attached hydrogen (secondary N) is 1. The zero-order valence-corrected chi connectivity index (χ0v) is 11.3. The number of hydrogen-bond donors (Lipinski definition) is 2. The third-order valence-corrected chi connectivity index (χ3v) is 3.79. The molecule has 0 radical (unpaired) electrons. The standard InChI is InChI=1S/C13H26N2O2/c1-15(2)9-5-8-14-10-12-11-16-13(17-12)6-3-4-7-13/h12,14H,3-11H2,1-2H3/p+2/t12-/m0/s1. The first-order valence-corrected chi connectivity index (χ1v) is 7.13. The summed E-state index contributed by atoms with van der Waals surface area (Å²) in [7, 11) is 4.41. The first kappa shape index (κ1) is 13.3. The highest BCUT2D eigenvalue weighted by molar-refractivity contribution is 4.83. The monoisotopic (exact) mass is 244 g/mol. The molecule has 0 aromatic rings. The normalized spacial score (nSPS) is 27.4. The van der Waals surface area contributed by atoms with E-state index < -0.39 is 0 Å². The molecule has 1 spiro atoms. The third-order valence-electron chi connectivity index (χ3n) is 3.79. The molecule has 0 aromatic heterocycles. The number of hydrogen-bond acceptors (Lipinski definition) is 2. The number of quaternary nitrogens is 2. The Morgan fingerprint density at radius 2 is 2.06 bits per heavy atom. The van der Waals surface area contributed by atoms with Gasteiger partial charge in [-0.25, -0.2) is 0 Å². The molecule has 1 saturated carbocycles. The largest absolute Gasteiger partial charge is 0.347 e. The van der Waals surface area contributed by atoms with E-state index >= 15 is 0 Å². The zero-order valence-electron chi connectivity index (χ0n) is 11.3. The zero-order chi connectivity index (χ0) is 12.1. The van der Waals surface area contributed by atoms with Gasteiger partial charge in [-0.05, 0) is 12.8 Å². The summed E-state index contributed by atoms with van der Waals surface area (Å²) in [4.78, 5) is 1.53. The summed E-state index contributed by atoms with van der Waals surface area (Å²) in [5, 5.41) is 2.38. The second kappa shape index (κ2) is 6.14. The van der Waals surface area contributed by atoms with Crippen molar-refractivity contribution in [3.8, 4) is 0 Å². The Morgan fingerprint density at radius 1 is 1.29 bits per heavy atom. The van der Waals surface area contributed by atoms with E-state index in [9.17, 15) is 0 Å². The Labute approximate surface area is 105 Å². The Kier molecular flexibility index (Phi) is 4.79. The van der Waals surface area contributed by atoms with Crippen molar-refractivity contribution in [2.24, 2.45) is 0 Å². The molecule has 17 heavy (non-hydrogen) atoms. The lowest BCUT2D eigenvalue weighted by molar-refractivity contribution is -0.860. The van der Waals surface area contributed by atoms with Crippen molar-refractivity contribution < 1.29 is 19.7 Å². The summed E-state index contributed by atoms with van der Waals surface area (Å²) in [6.45, 7) is 4.32. The molecule has 2 aliphatic rings. The Balaban J connectivity index is 1.55. The van der Waals surface area contributed by atoms with E-state index in [-0.39, 0.29) is 5.79 Å². The Bertz CT molecular complexity index is 227. The first-order chi connectivity index (χ1) is 8.20. The highest BCUT2D eigenvalue weighted by Gasteiger charge is 2.43. The van der Waals surface area contributed by atoms with Gasteiger partial charge in [-0.1, -0.05) is 0 Å². The van der Waals surface area contributed by atoms with Gasteiger partial charge in [0.15, 0.2) is 5.79 Å². The molecule has 2 rings (SSSR count). The maximum Gasteiger partial charge on any atom is 0.169 e. The van der Waals surface area contributed by atoms with Crippen LogP contribution in [0.3, 0.4) is 0 Å². The fraction of sp³-hybridized carbons (Fsp3) is 1.00. The van der Waals surface area contributed by atoms with Crippen LogP contribution < -0.4 is 10.2 Å². The van der Waals surface area contributed by atoms with Crippen LogP contribution in [-0.4, -0.2) is 52.2 Å². The summed E-state index contributed by atoms with van der Waals surface area (Å²) < 4.78 is 11.9. The van der Waals surface area contributed by atoms with Crippen LogP contribution in [0.4, 0.5) is 0 Å². The second-order valence-corrected chi connectivity index (χ2v) is 5.79. The summed E-state index contributed by atoms with van der Waals surface area (Å²) in [6.07, 6.45) is 6.34. The number of ether oxygens (including phenoxy) is 2. The maximum atomic E-state index is 6.08. The van der Waals surface area contributed by atoms with E-state index in [1.54, 1.807) is 0 Å². The van der Waals surface area contributed by atoms with Gasteiger partial charge < -0.3 is 19.7 Å². The van der Waals surface area contributed by atoms with Gasteiger partial charge >= 0.3 is 0 Å². The summed E-state index contributed by atoms with van der Waals surface area (Å²) >= 11 is 0. The van der Waals surface area contributed by atoms with E-state index in [0.717, 1.165) is 26.0 Å². The molecule has 3 N–H and O–H groups in total. The van der Waals surface area contributed by atoms with Crippen LogP contribution in [0.25, 0.3) is 0 Å². The second-order valence-electron chi connectivity index (χ2n) is 5.79. The van der Waals surface area contributed by atoms with Gasteiger partial charge in [-0.15, -0.1) is 0 Å². The highest BCUT2D eigenvalue weighted by Crippen LogP contribution is 2.38. The van der Waals surface area contributed by atoms with E-state index in [0.29, 0.717) is 6.10 Å².